The summed E-state index contributed by atoms with van der Waals surface area (Å²) in [6.07, 6.45) is 2.19. The van der Waals surface area contributed by atoms with E-state index in [1.807, 2.05) is 0 Å². The summed E-state index contributed by atoms with van der Waals surface area (Å²) in [5.74, 6) is 1.17. The smallest absolute Gasteiger partial charge is 0.254 e. The van der Waals surface area contributed by atoms with Crippen molar-refractivity contribution in [1.82, 2.24) is 20.4 Å². The summed E-state index contributed by atoms with van der Waals surface area (Å²) >= 11 is 0. The van der Waals surface area contributed by atoms with Gasteiger partial charge in [0.25, 0.3) is 5.91 Å². The number of hydrogen-bond acceptors (Lipinski definition) is 5. The molecule has 1 amide bonds. The van der Waals surface area contributed by atoms with Crippen molar-refractivity contribution >= 4 is 11.7 Å². The number of nitrogens with zero attached hydrogens (tertiary/aromatic N) is 2. The summed E-state index contributed by atoms with van der Waals surface area (Å²) in [4.78, 5) is 31.4. The standard InChI is InChI=1S/C16H20N4O3/c1-7-12(8(2)17-13(7)10(4)21)15(22)18-9(3)16-19-14(20-23-16)11-5-6-11/h9,11,17H,5-6H2,1-4H3,(H,18,22). The van der Waals surface area contributed by atoms with E-state index in [2.05, 4.69) is 20.4 Å². The van der Waals surface area contributed by atoms with Crippen molar-refractivity contribution in [1.29, 1.82) is 0 Å². The summed E-state index contributed by atoms with van der Waals surface area (Å²) in [7, 11) is 0. The highest BCUT2D eigenvalue weighted by Gasteiger charge is 2.30. The maximum Gasteiger partial charge on any atom is 0.254 e. The van der Waals surface area contributed by atoms with E-state index in [4.69, 9.17) is 4.52 Å². The van der Waals surface area contributed by atoms with E-state index < -0.39 is 6.04 Å². The molecule has 23 heavy (non-hydrogen) atoms. The van der Waals surface area contributed by atoms with Crippen molar-refractivity contribution in [3.8, 4) is 0 Å². The Morgan fingerprint density at radius 2 is 2.04 bits per heavy atom. The molecule has 7 heteroatoms. The van der Waals surface area contributed by atoms with Gasteiger partial charge in [-0.2, -0.15) is 4.98 Å². The number of ketones is 1. The molecule has 2 aromatic rings. The van der Waals surface area contributed by atoms with Crippen LogP contribution in [0.15, 0.2) is 4.52 Å². The van der Waals surface area contributed by atoms with Crippen molar-refractivity contribution in [3.05, 3.63) is 34.2 Å². The zero-order valence-corrected chi connectivity index (χ0v) is 13.7. The van der Waals surface area contributed by atoms with Crippen molar-refractivity contribution in [3.63, 3.8) is 0 Å². The summed E-state index contributed by atoms with van der Waals surface area (Å²) < 4.78 is 5.23. The van der Waals surface area contributed by atoms with E-state index in [1.165, 1.54) is 6.92 Å². The third-order valence-electron chi connectivity index (χ3n) is 4.13. The van der Waals surface area contributed by atoms with Crippen molar-refractivity contribution < 1.29 is 14.1 Å². The molecule has 1 aliphatic carbocycles. The van der Waals surface area contributed by atoms with Gasteiger partial charge in [-0.05, 0) is 39.2 Å². The number of aryl methyl sites for hydroxylation is 1. The molecule has 1 aliphatic rings. The van der Waals surface area contributed by atoms with Gasteiger partial charge in [-0.15, -0.1) is 0 Å². The van der Waals surface area contributed by atoms with Crippen LogP contribution in [-0.4, -0.2) is 26.8 Å². The van der Waals surface area contributed by atoms with E-state index in [1.54, 1.807) is 20.8 Å². The van der Waals surface area contributed by atoms with Gasteiger partial charge in [0.1, 0.15) is 6.04 Å². The fourth-order valence-corrected chi connectivity index (χ4v) is 2.70. The van der Waals surface area contributed by atoms with E-state index in [9.17, 15) is 9.59 Å². The summed E-state index contributed by atoms with van der Waals surface area (Å²) in [6, 6.07) is -0.392. The van der Waals surface area contributed by atoms with Crippen LogP contribution in [0.25, 0.3) is 0 Å². The van der Waals surface area contributed by atoms with Crippen LogP contribution in [0.2, 0.25) is 0 Å². The Bertz CT molecular complexity index is 770. The van der Waals surface area contributed by atoms with Crippen molar-refractivity contribution in [2.24, 2.45) is 0 Å². The number of aromatic nitrogens is 3. The highest BCUT2D eigenvalue weighted by Crippen LogP contribution is 2.38. The minimum atomic E-state index is -0.392. The molecule has 0 spiro atoms. The van der Waals surface area contributed by atoms with Gasteiger partial charge in [0.15, 0.2) is 11.6 Å². The van der Waals surface area contributed by atoms with Gasteiger partial charge >= 0.3 is 0 Å². The Morgan fingerprint density at radius 3 is 2.61 bits per heavy atom. The number of aromatic amines is 1. The van der Waals surface area contributed by atoms with Crippen LogP contribution in [0.1, 0.15) is 82.5 Å². The lowest BCUT2D eigenvalue weighted by Crippen LogP contribution is -2.27. The number of Topliss-reactive ketones (excluding diaryl/α,β-unsaturated/α-hetero) is 1. The first kappa shape index (κ1) is 15.5. The monoisotopic (exact) mass is 316 g/mol. The van der Waals surface area contributed by atoms with Gasteiger partial charge in [-0.3, -0.25) is 9.59 Å². The van der Waals surface area contributed by atoms with Crippen LogP contribution in [-0.2, 0) is 0 Å². The Morgan fingerprint density at radius 1 is 1.35 bits per heavy atom. The van der Waals surface area contributed by atoms with Crippen LogP contribution in [0.5, 0.6) is 0 Å². The zero-order valence-electron chi connectivity index (χ0n) is 13.7. The van der Waals surface area contributed by atoms with Crippen LogP contribution in [0.4, 0.5) is 0 Å². The predicted octanol–water partition coefficient (Wildman–Crippen LogP) is 2.59. The number of amides is 1. The molecule has 0 saturated heterocycles. The summed E-state index contributed by atoms with van der Waals surface area (Å²) in [5.41, 5.74) is 2.28. The fraction of sp³-hybridized carbons (Fsp3) is 0.500. The van der Waals surface area contributed by atoms with E-state index in [-0.39, 0.29) is 11.7 Å². The lowest BCUT2D eigenvalue weighted by Gasteiger charge is -2.10. The fourth-order valence-electron chi connectivity index (χ4n) is 2.70. The molecule has 7 nitrogen and oxygen atoms in total. The molecule has 2 N–H and O–H groups in total. The van der Waals surface area contributed by atoms with Gasteiger partial charge in [-0.1, -0.05) is 5.16 Å². The first-order valence-corrected chi connectivity index (χ1v) is 7.73. The molecule has 0 bridgehead atoms. The Labute approximate surface area is 133 Å². The first-order valence-electron chi connectivity index (χ1n) is 7.73. The third kappa shape index (κ3) is 2.91. The molecule has 122 valence electrons. The topological polar surface area (TPSA) is 101 Å². The van der Waals surface area contributed by atoms with E-state index in [0.29, 0.717) is 40.1 Å². The molecule has 2 heterocycles. The van der Waals surface area contributed by atoms with Crippen LogP contribution < -0.4 is 5.32 Å². The molecule has 0 radical (unpaired) electrons. The lowest BCUT2D eigenvalue weighted by atomic mass is 10.1. The predicted molar refractivity (Wildman–Crippen MR) is 82.4 cm³/mol. The largest absolute Gasteiger partial charge is 0.355 e. The van der Waals surface area contributed by atoms with Crippen LogP contribution in [0.3, 0.4) is 0 Å². The minimum absolute atomic E-state index is 0.0938. The van der Waals surface area contributed by atoms with Gasteiger partial charge in [0.05, 0.1) is 11.3 Å². The summed E-state index contributed by atoms with van der Waals surface area (Å²) in [6.45, 7) is 6.81. The second-order valence-electron chi connectivity index (χ2n) is 6.14. The minimum Gasteiger partial charge on any atom is -0.355 e. The second-order valence-corrected chi connectivity index (χ2v) is 6.14. The van der Waals surface area contributed by atoms with Gasteiger partial charge in [0.2, 0.25) is 5.89 Å². The van der Waals surface area contributed by atoms with E-state index in [0.717, 1.165) is 12.8 Å². The molecule has 1 atom stereocenters. The molecular formula is C16H20N4O3. The SMILES string of the molecule is CC(=O)c1[nH]c(C)c(C(=O)NC(C)c2nc(C3CC3)no2)c1C. The maximum absolute atomic E-state index is 12.5. The molecule has 3 rings (SSSR count). The zero-order chi connectivity index (χ0) is 16.7. The molecular weight excluding hydrogens is 296 g/mol. The summed E-state index contributed by atoms with van der Waals surface area (Å²) in [5, 5.41) is 6.81. The number of H-pyrrole nitrogens is 1. The molecule has 0 aromatic carbocycles. The molecule has 2 aromatic heterocycles. The average Bonchev–Trinajstić information content (AvgIpc) is 3.12. The highest BCUT2D eigenvalue weighted by atomic mass is 16.5. The van der Waals surface area contributed by atoms with Crippen molar-refractivity contribution in [2.45, 2.75) is 52.5 Å². The number of nitrogens with one attached hydrogen (secondary N) is 2. The van der Waals surface area contributed by atoms with Gasteiger partial charge in [-0.25, -0.2) is 0 Å². The van der Waals surface area contributed by atoms with Gasteiger partial charge in [0, 0.05) is 18.5 Å². The number of carbonyl (C=O) groups excluding carboxylic acids is 2. The number of rotatable bonds is 5. The molecule has 1 saturated carbocycles. The quantitative estimate of drug-likeness (QED) is 0.826. The number of hydrogen-bond donors (Lipinski definition) is 2. The average molecular weight is 316 g/mol. The van der Waals surface area contributed by atoms with Crippen molar-refractivity contribution in [2.75, 3.05) is 0 Å². The normalized spacial score (nSPS) is 15.5. The Balaban J connectivity index is 1.76. The lowest BCUT2D eigenvalue weighted by molar-refractivity contribution is 0.0931. The first-order chi connectivity index (χ1) is 10.9. The van der Waals surface area contributed by atoms with E-state index >= 15 is 0 Å². The second kappa shape index (κ2) is 5.64. The highest BCUT2D eigenvalue weighted by molar-refractivity contribution is 6.02. The molecule has 0 aliphatic heterocycles. The van der Waals surface area contributed by atoms with Crippen LogP contribution in [0, 0.1) is 13.8 Å². The Hall–Kier alpha value is -2.44. The van der Waals surface area contributed by atoms with Gasteiger partial charge < -0.3 is 14.8 Å². The maximum atomic E-state index is 12.5. The van der Waals surface area contributed by atoms with Crippen LogP contribution >= 0.6 is 0 Å². The third-order valence-corrected chi connectivity index (χ3v) is 4.13. The molecule has 1 fully saturated rings. The molecule has 1 unspecified atom stereocenters. The Kier molecular flexibility index (Phi) is 3.79. The number of carbonyl (C=O) groups is 2.